The van der Waals surface area contributed by atoms with Gasteiger partial charge in [-0.2, -0.15) is 0 Å². The summed E-state index contributed by atoms with van der Waals surface area (Å²) in [5, 5.41) is 9.97. The Morgan fingerprint density at radius 3 is 2.17 bits per heavy atom. The molecule has 0 aliphatic heterocycles. The van der Waals surface area contributed by atoms with Crippen LogP contribution in [-0.4, -0.2) is 30.5 Å². The second-order valence-corrected chi connectivity index (χ2v) is 4.00. The first-order chi connectivity index (χ1) is 5.37. The van der Waals surface area contributed by atoms with Gasteiger partial charge in [-0.25, -0.2) is 0 Å². The predicted molar refractivity (Wildman–Crippen MR) is 50.0 cm³/mol. The Labute approximate surface area is 74.9 Å². The van der Waals surface area contributed by atoms with Crippen LogP contribution < -0.4 is 5.73 Å². The monoisotopic (exact) mass is 175 g/mol. The van der Waals surface area contributed by atoms with Crippen LogP contribution in [0.5, 0.6) is 0 Å². The van der Waals surface area contributed by atoms with Crippen LogP contribution in [0.4, 0.5) is 0 Å². The Morgan fingerprint density at radius 2 is 1.83 bits per heavy atom. The first-order valence-electron chi connectivity index (χ1n) is 4.37. The molecule has 0 aromatic carbocycles. The predicted octanol–water partition coefficient (Wildman–Crippen LogP) is 0.759. The molecule has 12 heavy (non-hydrogen) atoms. The van der Waals surface area contributed by atoms with Crippen molar-refractivity contribution in [2.24, 2.45) is 11.1 Å². The molecular weight excluding hydrogens is 154 g/mol. The van der Waals surface area contributed by atoms with Crippen LogP contribution in [0, 0.1) is 5.41 Å². The third kappa shape index (κ3) is 2.73. The fourth-order valence-electron chi connectivity index (χ4n) is 0.716. The maximum atomic E-state index is 9.97. The zero-order valence-electron chi connectivity index (χ0n) is 8.55. The Kier molecular flexibility index (Phi) is 4.17. The van der Waals surface area contributed by atoms with E-state index in [1.54, 1.807) is 6.92 Å². The molecule has 74 valence electrons. The van der Waals surface area contributed by atoms with Crippen molar-refractivity contribution in [2.45, 2.75) is 33.3 Å². The van der Waals surface area contributed by atoms with Crippen molar-refractivity contribution < 1.29 is 9.84 Å². The summed E-state index contributed by atoms with van der Waals surface area (Å²) in [4.78, 5) is 0. The number of rotatable bonds is 5. The second kappa shape index (κ2) is 4.21. The van der Waals surface area contributed by atoms with E-state index in [1.807, 2.05) is 20.8 Å². The molecule has 0 heterocycles. The molecule has 0 fully saturated rings. The van der Waals surface area contributed by atoms with Crippen LogP contribution in [-0.2, 0) is 4.74 Å². The molecule has 0 spiro atoms. The standard InChI is InChI=1S/C9H21NO2/c1-5-12-7-9(4,11)8(2,3)6-10/h11H,5-7,10H2,1-4H3. The van der Waals surface area contributed by atoms with Crippen molar-refractivity contribution in [1.82, 2.24) is 0 Å². The highest BCUT2D eigenvalue weighted by Gasteiger charge is 2.38. The second-order valence-electron chi connectivity index (χ2n) is 4.00. The molecule has 1 atom stereocenters. The fraction of sp³-hybridized carbons (Fsp3) is 1.00. The lowest BCUT2D eigenvalue weighted by Gasteiger charge is -2.38. The average molecular weight is 175 g/mol. The van der Waals surface area contributed by atoms with Crippen molar-refractivity contribution in [2.75, 3.05) is 19.8 Å². The molecule has 3 N–H and O–H groups in total. The Morgan fingerprint density at radius 1 is 1.33 bits per heavy atom. The zero-order valence-corrected chi connectivity index (χ0v) is 8.55. The molecule has 3 nitrogen and oxygen atoms in total. The van der Waals surface area contributed by atoms with E-state index in [9.17, 15) is 5.11 Å². The van der Waals surface area contributed by atoms with Crippen molar-refractivity contribution >= 4 is 0 Å². The molecule has 0 aromatic heterocycles. The van der Waals surface area contributed by atoms with E-state index >= 15 is 0 Å². The molecule has 1 unspecified atom stereocenters. The summed E-state index contributed by atoms with van der Waals surface area (Å²) < 4.78 is 5.18. The highest BCUT2D eigenvalue weighted by atomic mass is 16.5. The summed E-state index contributed by atoms with van der Waals surface area (Å²) in [7, 11) is 0. The third-order valence-corrected chi connectivity index (χ3v) is 2.56. The van der Waals surface area contributed by atoms with E-state index in [4.69, 9.17) is 10.5 Å². The number of ether oxygens (including phenoxy) is 1. The van der Waals surface area contributed by atoms with Gasteiger partial charge in [0.2, 0.25) is 0 Å². The Hall–Kier alpha value is -0.120. The average Bonchev–Trinajstić information content (AvgIpc) is 2.00. The molecule has 0 radical (unpaired) electrons. The molecule has 3 heteroatoms. The minimum Gasteiger partial charge on any atom is -0.387 e. The van der Waals surface area contributed by atoms with E-state index < -0.39 is 5.60 Å². The first-order valence-corrected chi connectivity index (χ1v) is 4.37. The van der Waals surface area contributed by atoms with E-state index in [0.717, 1.165) is 0 Å². The normalized spacial score (nSPS) is 17.5. The van der Waals surface area contributed by atoms with Crippen LogP contribution in [0.2, 0.25) is 0 Å². The molecule has 0 aromatic rings. The van der Waals surface area contributed by atoms with Crippen LogP contribution in [0.3, 0.4) is 0 Å². The molecule has 0 saturated carbocycles. The van der Waals surface area contributed by atoms with Gasteiger partial charge in [-0.3, -0.25) is 0 Å². The summed E-state index contributed by atoms with van der Waals surface area (Å²) in [6.07, 6.45) is 0. The third-order valence-electron chi connectivity index (χ3n) is 2.56. The SMILES string of the molecule is CCOCC(C)(O)C(C)(C)CN. The van der Waals surface area contributed by atoms with Crippen LogP contribution in [0.1, 0.15) is 27.7 Å². The summed E-state index contributed by atoms with van der Waals surface area (Å²) in [6.45, 7) is 8.96. The summed E-state index contributed by atoms with van der Waals surface area (Å²) in [5.74, 6) is 0. The van der Waals surface area contributed by atoms with Crippen molar-refractivity contribution in [1.29, 1.82) is 0 Å². The highest BCUT2D eigenvalue weighted by Crippen LogP contribution is 2.29. The van der Waals surface area contributed by atoms with Crippen LogP contribution >= 0.6 is 0 Å². The van der Waals surface area contributed by atoms with E-state index in [-0.39, 0.29) is 5.41 Å². The van der Waals surface area contributed by atoms with Gasteiger partial charge in [-0.15, -0.1) is 0 Å². The lowest BCUT2D eigenvalue weighted by atomic mass is 9.76. The molecular formula is C9H21NO2. The van der Waals surface area contributed by atoms with Gasteiger partial charge in [0.15, 0.2) is 0 Å². The maximum absolute atomic E-state index is 9.97. The smallest absolute Gasteiger partial charge is 0.0914 e. The largest absolute Gasteiger partial charge is 0.387 e. The van der Waals surface area contributed by atoms with Gasteiger partial charge in [-0.05, 0) is 13.8 Å². The number of hydrogen-bond donors (Lipinski definition) is 2. The topological polar surface area (TPSA) is 55.5 Å². The summed E-state index contributed by atoms with van der Waals surface area (Å²) in [5.41, 5.74) is 4.40. The first kappa shape index (κ1) is 11.9. The zero-order chi connectivity index (χ0) is 9.83. The minimum absolute atomic E-state index is 0.303. The van der Waals surface area contributed by atoms with E-state index in [2.05, 4.69) is 0 Å². The molecule has 0 aliphatic rings. The quantitative estimate of drug-likeness (QED) is 0.648. The van der Waals surface area contributed by atoms with Crippen LogP contribution in [0.15, 0.2) is 0 Å². The summed E-state index contributed by atoms with van der Waals surface area (Å²) >= 11 is 0. The van der Waals surface area contributed by atoms with Crippen LogP contribution in [0.25, 0.3) is 0 Å². The number of hydrogen-bond acceptors (Lipinski definition) is 3. The van der Waals surface area contributed by atoms with E-state index in [0.29, 0.717) is 19.8 Å². The molecule has 0 bridgehead atoms. The van der Waals surface area contributed by atoms with Gasteiger partial charge in [-0.1, -0.05) is 13.8 Å². The van der Waals surface area contributed by atoms with Gasteiger partial charge in [0, 0.05) is 18.6 Å². The minimum atomic E-state index is -0.849. The Bertz CT molecular complexity index is 132. The van der Waals surface area contributed by atoms with Gasteiger partial charge in [0.05, 0.1) is 12.2 Å². The van der Waals surface area contributed by atoms with Crippen molar-refractivity contribution in [3.05, 3.63) is 0 Å². The number of nitrogens with two attached hydrogens (primary N) is 1. The van der Waals surface area contributed by atoms with Gasteiger partial charge in [0.1, 0.15) is 0 Å². The number of aliphatic hydroxyl groups is 1. The lowest BCUT2D eigenvalue weighted by Crippen LogP contribution is -2.49. The highest BCUT2D eigenvalue weighted by molar-refractivity contribution is 4.90. The van der Waals surface area contributed by atoms with Gasteiger partial charge in [0.25, 0.3) is 0 Å². The van der Waals surface area contributed by atoms with Crippen molar-refractivity contribution in [3.8, 4) is 0 Å². The summed E-state index contributed by atoms with van der Waals surface area (Å²) in [6, 6.07) is 0. The molecule has 0 rings (SSSR count). The van der Waals surface area contributed by atoms with Gasteiger partial charge < -0.3 is 15.6 Å². The lowest BCUT2D eigenvalue weighted by molar-refractivity contribution is -0.102. The van der Waals surface area contributed by atoms with Crippen molar-refractivity contribution in [3.63, 3.8) is 0 Å². The Balaban J connectivity index is 4.17. The molecule has 0 saturated heterocycles. The maximum Gasteiger partial charge on any atom is 0.0914 e. The van der Waals surface area contributed by atoms with E-state index in [1.165, 1.54) is 0 Å². The van der Waals surface area contributed by atoms with Gasteiger partial charge >= 0.3 is 0 Å². The molecule has 0 amide bonds. The fourth-order valence-corrected chi connectivity index (χ4v) is 0.716. The molecule has 0 aliphatic carbocycles.